The fraction of sp³-hybridized carbons (Fsp3) is 0. The number of aromatic nitrogens is 1. The van der Waals surface area contributed by atoms with E-state index in [2.05, 4.69) is 20.3 Å². The van der Waals surface area contributed by atoms with E-state index < -0.39 is 22.0 Å². The lowest BCUT2D eigenvalue weighted by molar-refractivity contribution is 0.0967. The molecule has 0 bridgehead atoms. The molecular formula is C17H13ClN4O4S2. The summed E-state index contributed by atoms with van der Waals surface area (Å²) >= 11 is 6.91. The third kappa shape index (κ3) is 5.06. The van der Waals surface area contributed by atoms with Crippen molar-refractivity contribution in [3.05, 3.63) is 70.7 Å². The van der Waals surface area contributed by atoms with Crippen molar-refractivity contribution in [3.63, 3.8) is 0 Å². The number of imide groups is 1. The van der Waals surface area contributed by atoms with Crippen LogP contribution in [0.2, 0.25) is 5.02 Å². The number of carbonyl (C=O) groups is 2. The maximum atomic E-state index is 12.3. The summed E-state index contributed by atoms with van der Waals surface area (Å²) in [5.41, 5.74) is 0.587. The number of sulfonamides is 1. The van der Waals surface area contributed by atoms with E-state index in [9.17, 15) is 18.0 Å². The maximum absolute atomic E-state index is 12.3. The molecule has 0 aliphatic rings. The largest absolute Gasteiger partial charge is 0.326 e. The van der Waals surface area contributed by atoms with Gasteiger partial charge in [0.1, 0.15) is 0 Å². The van der Waals surface area contributed by atoms with Gasteiger partial charge < -0.3 is 5.32 Å². The van der Waals surface area contributed by atoms with Crippen LogP contribution < -0.4 is 15.4 Å². The van der Waals surface area contributed by atoms with E-state index in [-0.39, 0.29) is 15.6 Å². The highest BCUT2D eigenvalue weighted by molar-refractivity contribution is 7.93. The lowest BCUT2D eigenvalue weighted by atomic mass is 10.2. The molecule has 3 N–H and O–H groups in total. The molecule has 0 aliphatic heterocycles. The molecule has 3 rings (SSSR count). The number of hydrogen-bond donors (Lipinski definition) is 3. The molecule has 3 amide bonds. The summed E-state index contributed by atoms with van der Waals surface area (Å²) in [4.78, 5) is 27.8. The van der Waals surface area contributed by atoms with Gasteiger partial charge in [-0.2, -0.15) is 0 Å². The summed E-state index contributed by atoms with van der Waals surface area (Å²) in [6, 6.07) is 10.8. The molecule has 0 radical (unpaired) electrons. The Bertz CT molecular complexity index is 1080. The molecular weight excluding hydrogens is 424 g/mol. The van der Waals surface area contributed by atoms with Crippen molar-refractivity contribution < 1.29 is 18.0 Å². The molecule has 1 aromatic heterocycles. The van der Waals surface area contributed by atoms with Gasteiger partial charge in [0.05, 0.1) is 4.90 Å². The topological polar surface area (TPSA) is 117 Å². The number of halogens is 1. The average Bonchev–Trinajstić information content (AvgIpc) is 3.15. The van der Waals surface area contributed by atoms with Crippen molar-refractivity contribution >= 4 is 55.7 Å². The molecule has 0 saturated heterocycles. The number of benzene rings is 2. The number of nitrogens with zero attached hydrogens (tertiary/aromatic N) is 1. The summed E-state index contributed by atoms with van der Waals surface area (Å²) in [5.74, 6) is -0.596. The van der Waals surface area contributed by atoms with Crippen molar-refractivity contribution in [2.24, 2.45) is 0 Å². The van der Waals surface area contributed by atoms with Gasteiger partial charge in [-0.25, -0.2) is 18.2 Å². The molecule has 3 aromatic rings. The second-order valence-corrected chi connectivity index (χ2v) is 8.40. The number of urea groups is 1. The van der Waals surface area contributed by atoms with E-state index in [1.54, 1.807) is 5.38 Å². The Morgan fingerprint density at radius 2 is 1.68 bits per heavy atom. The fourth-order valence-corrected chi connectivity index (χ4v) is 4.02. The molecule has 8 nitrogen and oxygen atoms in total. The minimum atomic E-state index is -3.78. The van der Waals surface area contributed by atoms with Gasteiger partial charge in [-0.15, -0.1) is 11.3 Å². The summed E-state index contributed by atoms with van der Waals surface area (Å²) in [6.45, 7) is 0. The van der Waals surface area contributed by atoms with Crippen molar-refractivity contribution in [1.29, 1.82) is 0 Å². The molecule has 0 aliphatic carbocycles. The molecule has 144 valence electrons. The van der Waals surface area contributed by atoms with Crippen LogP contribution in [0.5, 0.6) is 0 Å². The van der Waals surface area contributed by atoms with Crippen LogP contribution in [-0.4, -0.2) is 25.3 Å². The number of thiazole rings is 1. The monoisotopic (exact) mass is 436 g/mol. The number of rotatable bonds is 5. The summed E-state index contributed by atoms with van der Waals surface area (Å²) < 4.78 is 26.9. The van der Waals surface area contributed by atoms with Gasteiger partial charge in [0, 0.05) is 27.9 Å². The van der Waals surface area contributed by atoms with Gasteiger partial charge >= 0.3 is 6.03 Å². The first kappa shape index (κ1) is 19.8. The molecule has 1 heterocycles. The normalized spacial score (nSPS) is 10.9. The van der Waals surface area contributed by atoms with Crippen LogP contribution in [-0.2, 0) is 10.0 Å². The Balaban J connectivity index is 1.61. The Labute approximate surface area is 169 Å². The summed E-state index contributed by atoms with van der Waals surface area (Å²) in [6.07, 6.45) is 1.49. The SMILES string of the molecule is O=C(NC(=O)c1ccc(Cl)cc1)Nc1ccc(S(=O)(=O)Nc2nccs2)cc1. The predicted molar refractivity (Wildman–Crippen MR) is 107 cm³/mol. The zero-order chi connectivity index (χ0) is 20.1. The van der Waals surface area contributed by atoms with Gasteiger partial charge in [-0.3, -0.25) is 14.8 Å². The van der Waals surface area contributed by atoms with Gasteiger partial charge in [0.25, 0.3) is 15.9 Å². The highest BCUT2D eigenvalue weighted by Gasteiger charge is 2.16. The summed E-state index contributed by atoms with van der Waals surface area (Å²) in [7, 11) is -3.78. The minimum absolute atomic E-state index is 0.00546. The van der Waals surface area contributed by atoms with Crippen LogP contribution in [0.3, 0.4) is 0 Å². The number of carbonyl (C=O) groups excluding carboxylic acids is 2. The Hall–Kier alpha value is -2.95. The van der Waals surface area contributed by atoms with Crippen LogP contribution in [0.15, 0.2) is 65.0 Å². The zero-order valence-electron chi connectivity index (χ0n) is 14.0. The van der Waals surface area contributed by atoms with Crippen LogP contribution >= 0.6 is 22.9 Å². The van der Waals surface area contributed by atoms with E-state index in [1.165, 1.54) is 54.7 Å². The molecule has 28 heavy (non-hydrogen) atoms. The number of nitrogens with one attached hydrogen (secondary N) is 3. The Kier molecular flexibility index (Phi) is 5.93. The molecule has 0 spiro atoms. The second kappa shape index (κ2) is 8.38. The Morgan fingerprint density at radius 1 is 1.00 bits per heavy atom. The number of amides is 3. The summed E-state index contributed by atoms with van der Waals surface area (Å²) in [5, 5.41) is 7.00. The smallest absolute Gasteiger partial charge is 0.308 e. The zero-order valence-corrected chi connectivity index (χ0v) is 16.4. The first-order valence-corrected chi connectivity index (χ1v) is 10.5. The van der Waals surface area contributed by atoms with Gasteiger partial charge in [-0.1, -0.05) is 11.6 Å². The Morgan fingerprint density at radius 3 is 2.29 bits per heavy atom. The molecule has 2 aromatic carbocycles. The maximum Gasteiger partial charge on any atom is 0.326 e. The molecule has 0 fully saturated rings. The molecule has 11 heteroatoms. The predicted octanol–water partition coefficient (Wildman–Crippen LogP) is 3.56. The third-order valence-corrected chi connectivity index (χ3v) is 5.83. The van der Waals surface area contributed by atoms with E-state index >= 15 is 0 Å². The average molecular weight is 437 g/mol. The lowest BCUT2D eigenvalue weighted by Crippen LogP contribution is -2.34. The quantitative estimate of drug-likeness (QED) is 0.565. The third-order valence-electron chi connectivity index (χ3n) is 3.41. The van der Waals surface area contributed by atoms with Crippen LogP contribution in [0, 0.1) is 0 Å². The first-order valence-electron chi connectivity index (χ1n) is 7.74. The fourth-order valence-electron chi connectivity index (χ4n) is 2.10. The van der Waals surface area contributed by atoms with E-state index in [1.807, 2.05) is 0 Å². The van der Waals surface area contributed by atoms with E-state index in [0.29, 0.717) is 10.7 Å². The van der Waals surface area contributed by atoms with Crippen molar-refractivity contribution in [3.8, 4) is 0 Å². The van der Waals surface area contributed by atoms with E-state index in [0.717, 1.165) is 11.3 Å². The van der Waals surface area contributed by atoms with Crippen molar-refractivity contribution in [2.75, 3.05) is 10.0 Å². The molecule has 0 atom stereocenters. The van der Waals surface area contributed by atoms with Gasteiger partial charge in [0.2, 0.25) is 0 Å². The van der Waals surface area contributed by atoms with Crippen LogP contribution in [0.25, 0.3) is 0 Å². The van der Waals surface area contributed by atoms with E-state index in [4.69, 9.17) is 11.6 Å². The minimum Gasteiger partial charge on any atom is -0.308 e. The first-order chi connectivity index (χ1) is 13.3. The number of anilines is 2. The molecule has 0 saturated carbocycles. The number of hydrogen-bond acceptors (Lipinski definition) is 6. The standard InChI is InChI=1S/C17H13ClN4O4S2/c18-12-3-1-11(2-4-12)15(23)21-16(24)20-13-5-7-14(8-6-13)28(25,26)22-17-19-9-10-27-17/h1-10H,(H,19,22)(H2,20,21,23,24). The van der Waals surface area contributed by atoms with Crippen LogP contribution in [0.1, 0.15) is 10.4 Å². The second-order valence-electron chi connectivity index (χ2n) is 5.38. The van der Waals surface area contributed by atoms with Crippen LogP contribution in [0.4, 0.5) is 15.6 Å². The lowest BCUT2D eigenvalue weighted by Gasteiger charge is -2.09. The molecule has 0 unspecified atom stereocenters. The van der Waals surface area contributed by atoms with Crippen molar-refractivity contribution in [2.45, 2.75) is 4.90 Å². The van der Waals surface area contributed by atoms with Crippen molar-refractivity contribution in [1.82, 2.24) is 10.3 Å². The van der Waals surface area contributed by atoms with Gasteiger partial charge in [0.15, 0.2) is 5.13 Å². The highest BCUT2D eigenvalue weighted by atomic mass is 35.5. The highest BCUT2D eigenvalue weighted by Crippen LogP contribution is 2.19. The van der Waals surface area contributed by atoms with Gasteiger partial charge in [-0.05, 0) is 48.5 Å².